The number of carboxylic acids is 1. The van der Waals surface area contributed by atoms with Crippen LogP contribution in [0, 0.1) is 6.92 Å². The standard InChI is InChI=1S/C12H14O4/c1-8-5-9(3-2-4-11(13)14)6-10-12(8)16-7-15-10/h5-6H,2-4,7H2,1H3,(H,13,14). The van der Waals surface area contributed by atoms with Gasteiger partial charge in [0.25, 0.3) is 0 Å². The van der Waals surface area contributed by atoms with Gasteiger partial charge in [-0.3, -0.25) is 4.79 Å². The van der Waals surface area contributed by atoms with Crippen LogP contribution in [0.25, 0.3) is 0 Å². The average Bonchev–Trinajstić information content (AvgIpc) is 2.65. The van der Waals surface area contributed by atoms with Crippen molar-refractivity contribution in [1.82, 2.24) is 0 Å². The molecule has 0 aliphatic carbocycles. The molecule has 1 aliphatic heterocycles. The van der Waals surface area contributed by atoms with Crippen molar-refractivity contribution >= 4 is 5.97 Å². The molecule has 4 heteroatoms. The van der Waals surface area contributed by atoms with Gasteiger partial charge in [0.1, 0.15) is 0 Å². The van der Waals surface area contributed by atoms with Gasteiger partial charge in [-0.15, -0.1) is 0 Å². The first-order chi connectivity index (χ1) is 7.66. The van der Waals surface area contributed by atoms with E-state index in [-0.39, 0.29) is 13.2 Å². The molecule has 0 atom stereocenters. The highest BCUT2D eigenvalue weighted by molar-refractivity contribution is 5.66. The van der Waals surface area contributed by atoms with E-state index in [1.54, 1.807) is 0 Å². The molecule has 4 nitrogen and oxygen atoms in total. The van der Waals surface area contributed by atoms with Gasteiger partial charge in [-0.2, -0.15) is 0 Å². The molecule has 1 N–H and O–H groups in total. The number of rotatable bonds is 4. The minimum Gasteiger partial charge on any atom is -0.481 e. The van der Waals surface area contributed by atoms with Crippen molar-refractivity contribution in [3.63, 3.8) is 0 Å². The highest BCUT2D eigenvalue weighted by atomic mass is 16.7. The summed E-state index contributed by atoms with van der Waals surface area (Å²) in [5.74, 6) is 0.824. The second-order valence-corrected chi connectivity index (χ2v) is 3.89. The Morgan fingerprint density at radius 1 is 1.44 bits per heavy atom. The van der Waals surface area contributed by atoms with Gasteiger partial charge in [-0.05, 0) is 37.0 Å². The molecule has 0 aromatic heterocycles. The molecule has 0 bridgehead atoms. The normalized spacial score (nSPS) is 12.8. The predicted molar refractivity (Wildman–Crippen MR) is 57.9 cm³/mol. The van der Waals surface area contributed by atoms with E-state index in [1.807, 2.05) is 19.1 Å². The van der Waals surface area contributed by atoms with E-state index in [0.29, 0.717) is 6.42 Å². The van der Waals surface area contributed by atoms with E-state index in [0.717, 1.165) is 29.0 Å². The topological polar surface area (TPSA) is 55.8 Å². The van der Waals surface area contributed by atoms with Crippen molar-refractivity contribution in [2.24, 2.45) is 0 Å². The van der Waals surface area contributed by atoms with E-state index in [9.17, 15) is 4.79 Å². The number of hydrogen-bond donors (Lipinski definition) is 1. The lowest BCUT2D eigenvalue weighted by molar-refractivity contribution is -0.137. The Hall–Kier alpha value is -1.71. The molecule has 1 aromatic rings. The highest BCUT2D eigenvalue weighted by Gasteiger charge is 2.16. The first-order valence-electron chi connectivity index (χ1n) is 5.28. The number of ether oxygens (including phenoxy) is 2. The Balaban J connectivity index is 2.05. The van der Waals surface area contributed by atoms with Crippen molar-refractivity contribution in [3.8, 4) is 11.5 Å². The summed E-state index contributed by atoms with van der Waals surface area (Å²) in [5.41, 5.74) is 2.14. The van der Waals surface area contributed by atoms with E-state index >= 15 is 0 Å². The number of carbonyl (C=O) groups is 1. The first kappa shape index (κ1) is 10.8. The monoisotopic (exact) mass is 222 g/mol. The fraction of sp³-hybridized carbons (Fsp3) is 0.417. The second-order valence-electron chi connectivity index (χ2n) is 3.89. The van der Waals surface area contributed by atoms with Crippen LogP contribution in [0.3, 0.4) is 0 Å². The van der Waals surface area contributed by atoms with Crippen LogP contribution in [-0.4, -0.2) is 17.9 Å². The van der Waals surface area contributed by atoms with Gasteiger partial charge < -0.3 is 14.6 Å². The third-order valence-corrected chi connectivity index (χ3v) is 2.57. The molecular weight excluding hydrogens is 208 g/mol. The van der Waals surface area contributed by atoms with Crippen LogP contribution in [0.2, 0.25) is 0 Å². The molecule has 16 heavy (non-hydrogen) atoms. The molecular formula is C12H14O4. The molecule has 2 rings (SSSR count). The maximum Gasteiger partial charge on any atom is 0.303 e. The van der Waals surface area contributed by atoms with Crippen molar-refractivity contribution in [2.75, 3.05) is 6.79 Å². The van der Waals surface area contributed by atoms with Gasteiger partial charge in [0, 0.05) is 6.42 Å². The lowest BCUT2D eigenvalue weighted by Gasteiger charge is -2.05. The molecule has 0 fully saturated rings. The highest BCUT2D eigenvalue weighted by Crippen LogP contribution is 2.36. The summed E-state index contributed by atoms with van der Waals surface area (Å²) >= 11 is 0. The van der Waals surface area contributed by atoms with Crippen LogP contribution in [-0.2, 0) is 11.2 Å². The van der Waals surface area contributed by atoms with E-state index in [2.05, 4.69) is 0 Å². The number of aliphatic carboxylic acids is 1. The lowest BCUT2D eigenvalue weighted by atomic mass is 10.0. The summed E-state index contributed by atoms with van der Waals surface area (Å²) < 4.78 is 10.6. The quantitative estimate of drug-likeness (QED) is 0.847. The maximum absolute atomic E-state index is 10.4. The van der Waals surface area contributed by atoms with Gasteiger partial charge in [0.2, 0.25) is 6.79 Å². The van der Waals surface area contributed by atoms with E-state index in [1.165, 1.54) is 0 Å². The van der Waals surface area contributed by atoms with Gasteiger partial charge >= 0.3 is 5.97 Å². The molecule has 0 radical (unpaired) electrons. The fourth-order valence-electron chi connectivity index (χ4n) is 1.85. The van der Waals surface area contributed by atoms with Crippen molar-refractivity contribution < 1.29 is 19.4 Å². The van der Waals surface area contributed by atoms with Crippen molar-refractivity contribution in [1.29, 1.82) is 0 Å². The Labute approximate surface area is 93.8 Å². The van der Waals surface area contributed by atoms with Crippen LogP contribution in [0.4, 0.5) is 0 Å². The van der Waals surface area contributed by atoms with Crippen molar-refractivity contribution in [3.05, 3.63) is 23.3 Å². The Kier molecular flexibility index (Phi) is 2.99. The molecule has 1 heterocycles. The van der Waals surface area contributed by atoms with E-state index < -0.39 is 5.97 Å². The van der Waals surface area contributed by atoms with E-state index in [4.69, 9.17) is 14.6 Å². The van der Waals surface area contributed by atoms with Crippen LogP contribution >= 0.6 is 0 Å². The summed E-state index contributed by atoms with van der Waals surface area (Å²) in [7, 11) is 0. The van der Waals surface area contributed by atoms with Crippen LogP contribution in [0.5, 0.6) is 11.5 Å². The summed E-state index contributed by atoms with van der Waals surface area (Å²) in [5, 5.41) is 8.56. The summed E-state index contributed by atoms with van der Waals surface area (Å²) in [4.78, 5) is 10.4. The number of hydrogen-bond acceptors (Lipinski definition) is 3. The number of benzene rings is 1. The van der Waals surface area contributed by atoms with Crippen molar-refractivity contribution in [2.45, 2.75) is 26.2 Å². The lowest BCUT2D eigenvalue weighted by Crippen LogP contribution is -1.96. The fourth-order valence-corrected chi connectivity index (χ4v) is 1.85. The van der Waals surface area contributed by atoms with Gasteiger partial charge in [0.15, 0.2) is 11.5 Å². The first-order valence-corrected chi connectivity index (χ1v) is 5.28. The van der Waals surface area contributed by atoms with Gasteiger partial charge in [-0.1, -0.05) is 6.07 Å². The Morgan fingerprint density at radius 2 is 2.25 bits per heavy atom. The molecule has 1 aliphatic rings. The minimum atomic E-state index is -0.752. The second kappa shape index (κ2) is 4.43. The maximum atomic E-state index is 10.4. The number of aryl methyl sites for hydroxylation is 2. The third-order valence-electron chi connectivity index (χ3n) is 2.57. The molecule has 86 valence electrons. The molecule has 0 saturated carbocycles. The molecule has 0 unspecified atom stereocenters. The zero-order valence-electron chi connectivity index (χ0n) is 9.16. The van der Waals surface area contributed by atoms with Gasteiger partial charge in [-0.25, -0.2) is 0 Å². The molecule has 0 saturated heterocycles. The molecule has 0 spiro atoms. The van der Waals surface area contributed by atoms with Crippen LogP contribution < -0.4 is 9.47 Å². The Morgan fingerprint density at radius 3 is 3.00 bits per heavy atom. The zero-order chi connectivity index (χ0) is 11.5. The average molecular weight is 222 g/mol. The molecule has 1 aromatic carbocycles. The number of carboxylic acid groups (broad SMARTS) is 1. The summed E-state index contributed by atoms with van der Waals surface area (Å²) in [6, 6.07) is 3.95. The van der Waals surface area contributed by atoms with Gasteiger partial charge in [0.05, 0.1) is 0 Å². The smallest absolute Gasteiger partial charge is 0.303 e. The third kappa shape index (κ3) is 2.27. The summed E-state index contributed by atoms with van der Waals surface area (Å²) in [6.07, 6.45) is 1.60. The summed E-state index contributed by atoms with van der Waals surface area (Å²) in [6.45, 7) is 2.24. The predicted octanol–water partition coefficient (Wildman–Crippen LogP) is 2.13. The SMILES string of the molecule is Cc1cc(CCCC(=O)O)cc2c1OCO2. The Bertz CT molecular complexity index is 412. The molecule has 0 amide bonds. The largest absolute Gasteiger partial charge is 0.481 e. The van der Waals surface area contributed by atoms with Crippen LogP contribution in [0.15, 0.2) is 12.1 Å². The van der Waals surface area contributed by atoms with Crippen LogP contribution in [0.1, 0.15) is 24.0 Å². The number of fused-ring (bicyclic) bond motifs is 1. The minimum absolute atomic E-state index is 0.202. The zero-order valence-corrected chi connectivity index (χ0v) is 9.16.